The third-order valence-electron chi connectivity index (χ3n) is 5.45. The fourth-order valence-electron chi connectivity index (χ4n) is 3.98. The summed E-state index contributed by atoms with van der Waals surface area (Å²) in [5.41, 5.74) is 0.601. The molecule has 5 heterocycles. The Morgan fingerprint density at radius 2 is 2.27 bits per heavy atom. The lowest BCUT2D eigenvalue weighted by Crippen LogP contribution is -2.37. The Kier molecular flexibility index (Phi) is 4.22. The predicted octanol–water partition coefficient (Wildman–Crippen LogP) is 2.03. The van der Waals surface area contributed by atoms with E-state index in [4.69, 9.17) is 15.0 Å². The van der Waals surface area contributed by atoms with Crippen LogP contribution < -0.4 is 10.2 Å². The first kappa shape index (κ1) is 18.3. The highest BCUT2D eigenvalue weighted by molar-refractivity contribution is 5.78. The van der Waals surface area contributed by atoms with Crippen LogP contribution in [0.25, 0.3) is 16.9 Å². The molecule has 2 fully saturated rings. The maximum Gasteiger partial charge on any atom is 0.310 e. The molecule has 0 aliphatic carbocycles. The van der Waals surface area contributed by atoms with Gasteiger partial charge in [0.25, 0.3) is 0 Å². The molecule has 3 aromatic heterocycles. The molecule has 3 aromatic rings. The number of ether oxygens (including phenoxy) is 1. The van der Waals surface area contributed by atoms with Crippen molar-refractivity contribution in [2.75, 3.05) is 23.4 Å². The summed E-state index contributed by atoms with van der Waals surface area (Å²) in [5.74, 6) is 1.22. The molecule has 0 amide bonds. The molecule has 30 heavy (non-hydrogen) atoms. The van der Waals surface area contributed by atoms with Crippen molar-refractivity contribution in [2.24, 2.45) is 0 Å². The van der Waals surface area contributed by atoms with Crippen LogP contribution in [0.2, 0.25) is 0 Å². The smallest absolute Gasteiger partial charge is 0.310 e. The first-order valence-electron chi connectivity index (χ1n) is 9.57. The molecule has 2 bridgehead atoms. The first-order valence-corrected chi connectivity index (χ1v) is 9.57. The van der Waals surface area contributed by atoms with Crippen LogP contribution in [-0.4, -0.2) is 56.0 Å². The van der Waals surface area contributed by atoms with Crippen molar-refractivity contribution in [3.8, 4) is 11.9 Å². The maximum absolute atomic E-state index is 11.3. The van der Waals surface area contributed by atoms with E-state index in [9.17, 15) is 10.1 Å². The van der Waals surface area contributed by atoms with Crippen LogP contribution in [0.5, 0.6) is 0 Å². The lowest BCUT2D eigenvalue weighted by Gasteiger charge is -2.27. The van der Waals surface area contributed by atoms with Crippen molar-refractivity contribution in [3.63, 3.8) is 0 Å². The standard InChI is InChI=1S/C19H18N8O3/c1-11(6-20)23-15-5-18(21-8-16(15)27(28)29)26-19-12(7-22-26)2-3-17(24-19)25-9-14-4-13(25)10-30-14/h2-3,5,7-8,11,13-14H,4,9-10H2,1H3,(H,21,23)/t11-,13-,14-/m1/s1. The number of nitro groups is 1. The Morgan fingerprint density at radius 3 is 2.97 bits per heavy atom. The lowest BCUT2D eigenvalue weighted by atomic mass is 10.2. The fraction of sp³-hybridized carbons (Fsp3) is 0.368. The van der Waals surface area contributed by atoms with Gasteiger partial charge in [0.2, 0.25) is 0 Å². The molecular weight excluding hydrogens is 388 g/mol. The zero-order chi connectivity index (χ0) is 20.8. The first-order chi connectivity index (χ1) is 14.5. The van der Waals surface area contributed by atoms with E-state index < -0.39 is 11.0 Å². The number of fused-ring (bicyclic) bond motifs is 3. The Bertz CT molecular complexity index is 1190. The van der Waals surface area contributed by atoms with E-state index in [2.05, 4.69) is 20.3 Å². The normalized spacial score (nSPS) is 21.0. The maximum atomic E-state index is 11.3. The Hall–Kier alpha value is -3.78. The van der Waals surface area contributed by atoms with Crippen molar-refractivity contribution < 1.29 is 9.66 Å². The van der Waals surface area contributed by atoms with Crippen LogP contribution in [0, 0.1) is 21.4 Å². The number of aromatic nitrogens is 4. The number of morpholine rings is 1. The highest BCUT2D eigenvalue weighted by Crippen LogP contribution is 2.33. The van der Waals surface area contributed by atoms with Crippen molar-refractivity contribution in [1.82, 2.24) is 19.7 Å². The molecule has 2 aliphatic rings. The summed E-state index contributed by atoms with van der Waals surface area (Å²) in [6, 6.07) is 7.17. The molecule has 3 atom stereocenters. The van der Waals surface area contributed by atoms with Gasteiger partial charge in [-0.3, -0.25) is 10.1 Å². The molecule has 0 spiro atoms. The zero-order valence-corrected chi connectivity index (χ0v) is 16.1. The molecule has 2 aliphatic heterocycles. The van der Waals surface area contributed by atoms with E-state index >= 15 is 0 Å². The van der Waals surface area contributed by atoms with Crippen molar-refractivity contribution >= 4 is 28.2 Å². The molecular formula is C19H18N8O3. The molecule has 2 saturated heterocycles. The van der Waals surface area contributed by atoms with E-state index in [0.717, 1.165) is 30.4 Å². The average Bonchev–Trinajstić information content (AvgIpc) is 3.48. The highest BCUT2D eigenvalue weighted by Gasteiger charge is 2.39. The number of nitrogens with zero attached hydrogens (tertiary/aromatic N) is 7. The number of hydrogen-bond donors (Lipinski definition) is 1. The van der Waals surface area contributed by atoms with E-state index in [1.807, 2.05) is 18.2 Å². The van der Waals surface area contributed by atoms with Crippen molar-refractivity contribution in [2.45, 2.75) is 31.5 Å². The lowest BCUT2D eigenvalue weighted by molar-refractivity contribution is -0.384. The van der Waals surface area contributed by atoms with E-state index in [1.165, 1.54) is 6.07 Å². The molecule has 0 saturated carbocycles. The molecule has 0 unspecified atom stereocenters. The highest BCUT2D eigenvalue weighted by atomic mass is 16.6. The SMILES string of the molecule is C[C@H](C#N)Nc1cc(-n2ncc3ccc(N4C[C@H]5C[C@@H]4CO5)nc32)ncc1[N+](=O)[O-]. The van der Waals surface area contributed by atoms with Gasteiger partial charge in [0.05, 0.1) is 35.9 Å². The van der Waals surface area contributed by atoms with Gasteiger partial charge in [-0.1, -0.05) is 0 Å². The van der Waals surface area contributed by atoms with Gasteiger partial charge in [-0.15, -0.1) is 0 Å². The van der Waals surface area contributed by atoms with Crippen LogP contribution in [0.15, 0.2) is 30.6 Å². The van der Waals surface area contributed by atoms with Crippen LogP contribution in [0.1, 0.15) is 13.3 Å². The Labute approximate surface area is 171 Å². The van der Waals surface area contributed by atoms with Gasteiger partial charge in [-0.25, -0.2) is 9.97 Å². The summed E-state index contributed by atoms with van der Waals surface area (Å²) in [7, 11) is 0. The number of nitrogens with one attached hydrogen (secondary N) is 1. The van der Waals surface area contributed by atoms with Crippen LogP contribution in [-0.2, 0) is 4.74 Å². The number of nitriles is 1. The molecule has 11 nitrogen and oxygen atoms in total. The summed E-state index contributed by atoms with van der Waals surface area (Å²) >= 11 is 0. The molecule has 5 rings (SSSR count). The second-order valence-corrected chi connectivity index (χ2v) is 7.45. The van der Waals surface area contributed by atoms with Gasteiger partial charge >= 0.3 is 5.69 Å². The third kappa shape index (κ3) is 2.98. The average molecular weight is 406 g/mol. The van der Waals surface area contributed by atoms with Crippen LogP contribution >= 0.6 is 0 Å². The van der Waals surface area contributed by atoms with E-state index in [-0.39, 0.29) is 17.5 Å². The summed E-state index contributed by atoms with van der Waals surface area (Å²) in [5, 5.41) is 28.5. The van der Waals surface area contributed by atoms with Crippen LogP contribution in [0.3, 0.4) is 0 Å². The minimum atomic E-state index is -0.606. The number of anilines is 2. The van der Waals surface area contributed by atoms with Crippen LogP contribution in [0.4, 0.5) is 17.2 Å². The molecule has 0 aromatic carbocycles. The van der Waals surface area contributed by atoms with Gasteiger partial charge in [-0.2, -0.15) is 15.0 Å². The second kappa shape index (κ2) is 6.93. The summed E-state index contributed by atoms with van der Waals surface area (Å²) in [4.78, 5) is 22.1. The number of rotatable bonds is 5. The number of pyridine rings is 2. The van der Waals surface area contributed by atoms with Gasteiger partial charge in [0, 0.05) is 18.0 Å². The largest absolute Gasteiger partial charge is 0.374 e. The summed E-state index contributed by atoms with van der Waals surface area (Å²) in [6.45, 7) is 3.14. The third-order valence-corrected chi connectivity index (χ3v) is 5.45. The topological polar surface area (TPSA) is 135 Å². The molecule has 11 heteroatoms. The van der Waals surface area contributed by atoms with Crippen molar-refractivity contribution in [1.29, 1.82) is 5.26 Å². The van der Waals surface area contributed by atoms with Gasteiger partial charge < -0.3 is 15.0 Å². The Morgan fingerprint density at radius 1 is 1.40 bits per heavy atom. The van der Waals surface area contributed by atoms with Gasteiger partial charge in [0.1, 0.15) is 23.7 Å². The minimum Gasteiger partial charge on any atom is -0.374 e. The summed E-state index contributed by atoms with van der Waals surface area (Å²) in [6.07, 6.45) is 4.11. The van der Waals surface area contributed by atoms with Crippen molar-refractivity contribution in [3.05, 3.63) is 40.7 Å². The molecule has 1 N–H and O–H groups in total. The molecule has 152 valence electrons. The summed E-state index contributed by atoms with van der Waals surface area (Å²) < 4.78 is 7.22. The Balaban J connectivity index is 1.56. The van der Waals surface area contributed by atoms with Gasteiger partial charge in [-0.05, 0) is 25.5 Å². The van der Waals surface area contributed by atoms with E-state index in [0.29, 0.717) is 24.1 Å². The monoisotopic (exact) mass is 406 g/mol. The predicted molar refractivity (Wildman–Crippen MR) is 108 cm³/mol. The quantitative estimate of drug-likeness (QED) is 0.498. The zero-order valence-electron chi connectivity index (χ0n) is 16.1. The number of hydrogen-bond acceptors (Lipinski definition) is 9. The van der Waals surface area contributed by atoms with Gasteiger partial charge in [0.15, 0.2) is 11.5 Å². The van der Waals surface area contributed by atoms with E-state index in [1.54, 1.807) is 17.8 Å². The minimum absolute atomic E-state index is 0.202. The fourth-order valence-corrected chi connectivity index (χ4v) is 3.98. The second-order valence-electron chi connectivity index (χ2n) is 7.45. The molecule has 0 radical (unpaired) electrons.